The van der Waals surface area contributed by atoms with Crippen molar-refractivity contribution in [1.82, 2.24) is 4.90 Å². The Morgan fingerprint density at radius 3 is 2.32 bits per heavy atom. The van der Waals surface area contributed by atoms with Crippen molar-refractivity contribution in [2.24, 2.45) is 33.1 Å². The van der Waals surface area contributed by atoms with Crippen LogP contribution in [0.4, 0.5) is 11.4 Å². The van der Waals surface area contributed by atoms with Crippen LogP contribution in [-0.2, 0) is 4.79 Å². The number of halogens is 1. The van der Waals surface area contributed by atoms with Gasteiger partial charge in [-0.2, -0.15) is 4.99 Å². The van der Waals surface area contributed by atoms with E-state index in [1.165, 1.54) is 0 Å². The van der Waals surface area contributed by atoms with Crippen LogP contribution >= 0.6 is 11.6 Å². The van der Waals surface area contributed by atoms with Crippen LogP contribution in [-0.4, -0.2) is 48.9 Å². The van der Waals surface area contributed by atoms with Crippen LogP contribution in [0.2, 0.25) is 5.02 Å². The molecule has 1 amide bonds. The average molecular weight is 366 g/mol. The molecule has 1 fully saturated rings. The number of piperazine rings is 1. The lowest BCUT2D eigenvalue weighted by atomic mass is 10.1. The smallest absolute Gasteiger partial charge is 0.225 e. The Balaban J connectivity index is 2.07. The highest BCUT2D eigenvalue weighted by atomic mass is 35.5. The first-order valence-corrected chi connectivity index (χ1v) is 8.43. The second kappa shape index (κ2) is 8.06. The fourth-order valence-electron chi connectivity index (χ4n) is 2.64. The minimum absolute atomic E-state index is 0.0166. The standard InChI is InChI=1S/C16H24ClN7O/c1-10(2)14(25)24-7-5-23(6-8-24)13-4-3-11(9-12(13)17)21-16(20)22-15(18)19/h3-4,9-10H,5-8H2,1-2H3,(H6,18,19,20,21,22). The summed E-state index contributed by atoms with van der Waals surface area (Å²) >= 11 is 6.38. The number of carbonyl (C=O) groups excluding carboxylic acids is 1. The van der Waals surface area contributed by atoms with Gasteiger partial charge in [-0.3, -0.25) is 4.79 Å². The minimum Gasteiger partial charge on any atom is -0.370 e. The molecule has 1 aliphatic rings. The Kier molecular flexibility index (Phi) is 6.08. The van der Waals surface area contributed by atoms with Crippen molar-refractivity contribution < 1.29 is 4.79 Å². The molecule has 25 heavy (non-hydrogen) atoms. The Morgan fingerprint density at radius 2 is 1.80 bits per heavy atom. The first-order valence-electron chi connectivity index (χ1n) is 8.05. The number of hydrogen-bond acceptors (Lipinski definition) is 3. The fraction of sp³-hybridized carbons (Fsp3) is 0.438. The largest absolute Gasteiger partial charge is 0.370 e. The highest BCUT2D eigenvalue weighted by Crippen LogP contribution is 2.30. The molecule has 136 valence electrons. The summed E-state index contributed by atoms with van der Waals surface area (Å²) in [5.41, 5.74) is 17.6. The van der Waals surface area contributed by atoms with Crippen molar-refractivity contribution in [2.45, 2.75) is 13.8 Å². The predicted molar refractivity (Wildman–Crippen MR) is 102 cm³/mol. The summed E-state index contributed by atoms with van der Waals surface area (Å²) in [5.74, 6) is 0.0102. The summed E-state index contributed by atoms with van der Waals surface area (Å²) in [4.78, 5) is 23.9. The lowest BCUT2D eigenvalue weighted by Gasteiger charge is -2.37. The zero-order chi connectivity index (χ0) is 18.6. The Labute approximate surface area is 152 Å². The molecule has 0 bridgehead atoms. The van der Waals surface area contributed by atoms with Crippen LogP contribution in [0, 0.1) is 5.92 Å². The fourth-order valence-corrected chi connectivity index (χ4v) is 2.94. The van der Waals surface area contributed by atoms with Gasteiger partial charge in [-0.15, -0.1) is 0 Å². The number of carbonyl (C=O) groups is 1. The number of rotatable bonds is 3. The van der Waals surface area contributed by atoms with Gasteiger partial charge in [0, 0.05) is 32.1 Å². The number of guanidine groups is 2. The zero-order valence-corrected chi connectivity index (χ0v) is 15.2. The lowest BCUT2D eigenvalue weighted by Crippen LogP contribution is -2.50. The lowest BCUT2D eigenvalue weighted by molar-refractivity contribution is -0.134. The second-order valence-electron chi connectivity index (χ2n) is 6.11. The Bertz CT molecular complexity index is 690. The molecular weight excluding hydrogens is 342 g/mol. The number of amides is 1. The Morgan fingerprint density at radius 1 is 1.16 bits per heavy atom. The zero-order valence-electron chi connectivity index (χ0n) is 14.4. The second-order valence-corrected chi connectivity index (χ2v) is 6.52. The van der Waals surface area contributed by atoms with E-state index in [9.17, 15) is 4.79 Å². The van der Waals surface area contributed by atoms with Crippen molar-refractivity contribution in [3.8, 4) is 0 Å². The molecule has 6 N–H and O–H groups in total. The molecule has 0 radical (unpaired) electrons. The number of anilines is 1. The van der Waals surface area contributed by atoms with E-state index < -0.39 is 0 Å². The van der Waals surface area contributed by atoms with Gasteiger partial charge in [0.1, 0.15) is 0 Å². The van der Waals surface area contributed by atoms with Crippen LogP contribution in [0.5, 0.6) is 0 Å². The van der Waals surface area contributed by atoms with Crippen molar-refractivity contribution >= 4 is 40.8 Å². The number of benzene rings is 1. The first-order chi connectivity index (χ1) is 11.8. The Hall–Kier alpha value is -2.48. The average Bonchev–Trinajstić information content (AvgIpc) is 2.53. The summed E-state index contributed by atoms with van der Waals surface area (Å²) < 4.78 is 0. The molecule has 9 heteroatoms. The number of hydrogen-bond donors (Lipinski definition) is 3. The van der Waals surface area contributed by atoms with E-state index in [1.807, 2.05) is 24.8 Å². The first kappa shape index (κ1) is 18.9. The summed E-state index contributed by atoms with van der Waals surface area (Å²) in [5, 5.41) is 0.558. The third kappa shape index (κ3) is 4.99. The van der Waals surface area contributed by atoms with Gasteiger partial charge < -0.3 is 27.0 Å². The van der Waals surface area contributed by atoms with E-state index in [-0.39, 0.29) is 23.7 Å². The molecule has 8 nitrogen and oxygen atoms in total. The highest BCUT2D eigenvalue weighted by Gasteiger charge is 2.23. The van der Waals surface area contributed by atoms with Crippen LogP contribution in [0.1, 0.15) is 13.8 Å². The van der Waals surface area contributed by atoms with E-state index in [0.717, 1.165) is 18.8 Å². The van der Waals surface area contributed by atoms with Crippen LogP contribution < -0.4 is 22.1 Å². The molecule has 1 aromatic rings. The third-order valence-corrected chi connectivity index (χ3v) is 4.15. The molecule has 1 saturated heterocycles. The molecule has 0 unspecified atom stereocenters. The number of nitrogens with two attached hydrogens (primary N) is 3. The van der Waals surface area contributed by atoms with Gasteiger partial charge in [-0.05, 0) is 18.2 Å². The number of aliphatic imine (C=N–C) groups is 2. The topological polar surface area (TPSA) is 126 Å². The van der Waals surface area contributed by atoms with E-state index in [4.69, 9.17) is 28.8 Å². The summed E-state index contributed by atoms with van der Waals surface area (Å²) in [6.45, 7) is 6.67. The van der Waals surface area contributed by atoms with Crippen molar-refractivity contribution in [3.05, 3.63) is 23.2 Å². The maximum atomic E-state index is 12.1. The van der Waals surface area contributed by atoms with E-state index in [0.29, 0.717) is 23.8 Å². The quantitative estimate of drug-likeness (QED) is 0.541. The maximum Gasteiger partial charge on any atom is 0.225 e. The van der Waals surface area contributed by atoms with Gasteiger partial charge in [-0.25, -0.2) is 4.99 Å². The molecule has 1 aromatic carbocycles. The minimum atomic E-state index is -0.155. The SMILES string of the molecule is CC(C)C(=O)N1CCN(c2ccc(N=C(N)N=C(N)N)cc2Cl)CC1. The molecule has 0 atom stereocenters. The van der Waals surface area contributed by atoms with E-state index in [2.05, 4.69) is 14.9 Å². The van der Waals surface area contributed by atoms with Gasteiger partial charge in [0.2, 0.25) is 11.9 Å². The highest BCUT2D eigenvalue weighted by molar-refractivity contribution is 6.33. The van der Waals surface area contributed by atoms with E-state index >= 15 is 0 Å². The summed E-state index contributed by atoms with van der Waals surface area (Å²) in [6, 6.07) is 5.38. The molecule has 0 spiro atoms. The van der Waals surface area contributed by atoms with E-state index in [1.54, 1.807) is 12.1 Å². The molecule has 1 aliphatic heterocycles. The molecule has 1 heterocycles. The van der Waals surface area contributed by atoms with Gasteiger partial charge in [0.15, 0.2) is 5.96 Å². The molecule has 0 aromatic heterocycles. The van der Waals surface area contributed by atoms with Gasteiger partial charge >= 0.3 is 0 Å². The van der Waals surface area contributed by atoms with Crippen molar-refractivity contribution in [1.29, 1.82) is 0 Å². The molecule has 0 aliphatic carbocycles. The van der Waals surface area contributed by atoms with Crippen molar-refractivity contribution in [3.63, 3.8) is 0 Å². The van der Waals surface area contributed by atoms with Gasteiger partial charge in [-0.1, -0.05) is 25.4 Å². The summed E-state index contributed by atoms with van der Waals surface area (Å²) in [7, 11) is 0. The third-order valence-electron chi connectivity index (χ3n) is 3.84. The van der Waals surface area contributed by atoms with Crippen LogP contribution in [0.25, 0.3) is 0 Å². The normalized spacial score (nSPS) is 15.4. The number of nitrogens with zero attached hydrogens (tertiary/aromatic N) is 4. The van der Waals surface area contributed by atoms with Crippen molar-refractivity contribution in [2.75, 3.05) is 31.1 Å². The molecule has 2 rings (SSSR count). The molecule has 0 saturated carbocycles. The van der Waals surface area contributed by atoms with Gasteiger partial charge in [0.05, 0.1) is 16.4 Å². The predicted octanol–water partition coefficient (Wildman–Crippen LogP) is 0.864. The van der Waals surface area contributed by atoms with Crippen LogP contribution in [0.3, 0.4) is 0 Å². The van der Waals surface area contributed by atoms with Crippen LogP contribution in [0.15, 0.2) is 28.2 Å². The molecular formula is C16H24ClN7O. The monoisotopic (exact) mass is 365 g/mol. The maximum absolute atomic E-state index is 12.1. The van der Waals surface area contributed by atoms with Gasteiger partial charge in [0.25, 0.3) is 0 Å². The summed E-state index contributed by atoms with van der Waals surface area (Å²) in [6.07, 6.45) is 0.